The molecule has 0 saturated heterocycles. The van der Waals surface area contributed by atoms with Crippen molar-refractivity contribution in [3.05, 3.63) is 65.0 Å². The molecule has 6 nitrogen and oxygen atoms in total. The van der Waals surface area contributed by atoms with Gasteiger partial charge < -0.3 is 14.2 Å². The lowest BCUT2D eigenvalue weighted by atomic mass is 10.1. The lowest BCUT2D eigenvalue weighted by Crippen LogP contribution is -2.14. The van der Waals surface area contributed by atoms with E-state index in [0.29, 0.717) is 27.8 Å². The van der Waals surface area contributed by atoms with E-state index < -0.39 is 5.56 Å². The highest BCUT2D eigenvalue weighted by molar-refractivity contribution is 5.96. The predicted molar refractivity (Wildman–Crippen MR) is 88.1 cm³/mol. The lowest BCUT2D eigenvalue weighted by Gasteiger charge is -2.01. The maximum atomic E-state index is 12.9. The van der Waals surface area contributed by atoms with Crippen molar-refractivity contribution in [2.75, 3.05) is 0 Å². The summed E-state index contributed by atoms with van der Waals surface area (Å²) in [7, 11) is 0. The van der Waals surface area contributed by atoms with Crippen LogP contribution in [-0.4, -0.2) is 14.8 Å². The first kappa shape index (κ1) is 13.0. The summed E-state index contributed by atoms with van der Waals surface area (Å²) in [4.78, 5) is 12.9. The Morgan fingerprint density at radius 1 is 0.958 bits per heavy atom. The fourth-order valence-corrected chi connectivity index (χ4v) is 3.00. The number of hydrogen-bond acceptors (Lipinski definition) is 5. The molecular weight excluding hydrogens is 308 g/mol. The van der Waals surface area contributed by atoms with Gasteiger partial charge in [0.1, 0.15) is 17.0 Å². The lowest BCUT2D eigenvalue weighted by molar-refractivity contribution is 0.394. The molecule has 6 heteroatoms. The van der Waals surface area contributed by atoms with Crippen LogP contribution in [0.4, 0.5) is 0 Å². The van der Waals surface area contributed by atoms with Crippen LogP contribution in [0.5, 0.6) is 5.75 Å². The van der Waals surface area contributed by atoms with Gasteiger partial charge in [-0.1, -0.05) is 29.4 Å². The van der Waals surface area contributed by atoms with Gasteiger partial charge in [0.05, 0.1) is 10.9 Å². The molecule has 3 aromatic heterocycles. The second-order valence-electron chi connectivity index (χ2n) is 5.50. The molecule has 116 valence electrons. The van der Waals surface area contributed by atoms with E-state index in [-0.39, 0.29) is 11.3 Å². The molecule has 2 aromatic carbocycles. The summed E-state index contributed by atoms with van der Waals surface area (Å²) in [5.41, 5.74) is 1.47. The number of aromatic hydroxyl groups is 1. The fourth-order valence-electron chi connectivity index (χ4n) is 3.00. The van der Waals surface area contributed by atoms with Gasteiger partial charge in [-0.25, -0.2) is 0 Å². The number of benzene rings is 2. The van der Waals surface area contributed by atoms with Gasteiger partial charge in [-0.3, -0.25) is 4.79 Å². The van der Waals surface area contributed by atoms with Crippen LogP contribution < -0.4 is 5.56 Å². The number of nitrogens with zero attached hydrogens (tertiary/aromatic N) is 2. The highest BCUT2D eigenvalue weighted by Gasteiger charge is 2.21. The molecule has 0 bridgehead atoms. The zero-order valence-corrected chi connectivity index (χ0v) is 12.3. The summed E-state index contributed by atoms with van der Waals surface area (Å²) in [6.45, 7) is 0. The average Bonchev–Trinajstić information content (AvgIpc) is 3.18. The van der Waals surface area contributed by atoms with Gasteiger partial charge in [-0.15, -0.1) is 4.57 Å². The molecule has 0 aliphatic rings. The molecule has 5 rings (SSSR count). The Morgan fingerprint density at radius 3 is 2.50 bits per heavy atom. The SMILES string of the molecule is O=c1c(-c2noc3ccccc23)c(O)cc2c3ccccc3on12. The van der Waals surface area contributed by atoms with Crippen molar-refractivity contribution in [3.8, 4) is 17.0 Å². The van der Waals surface area contributed by atoms with E-state index in [2.05, 4.69) is 5.16 Å². The van der Waals surface area contributed by atoms with Gasteiger partial charge in [-0.05, 0) is 24.3 Å². The van der Waals surface area contributed by atoms with E-state index in [1.807, 2.05) is 30.3 Å². The summed E-state index contributed by atoms with van der Waals surface area (Å²) in [5, 5.41) is 15.8. The third-order valence-corrected chi connectivity index (χ3v) is 4.11. The highest BCUT2D eigenvalue weighted by atomic mass is 16.5. The van der Waals surface area contributed by atoms with Gasteiger partial charge in [0.15, 0.2) is 11.2 Å². The van der Waals surface area contributed by atoms with Crippen LogP contribution in [0.25, 0.3) is 38.7 Å². The van der Waals surface area contributed by atoms with Crippen molar-refractivity contribution >= 4 is 27.5 Å². The molecule has 0 unspecified atom stereocenters. The molecule has 0 aliphatic heterocycles. The fraction of sp³-hybridized carbons (Fsp3) is 0. The van der Waals surface area contributed by atoms with E-state index in [0.717, 1.165) is 5.39 Å². The highest BCUT2D eigenvalue weighted by Crippen LogP contribution is 2.33. The van der Waals surface area contributed by atoms with Gasteiger partial charge in [-0.2, -0.15) is 0 Å². The Labute approximate surface area is 134 Å². The Balaban J connectivity index is 1.93. The van der Waals surface area contributed by atoms with Crippen molar-refractivity contribution in [1.82, 2.24) is 9.73 Å². The van der Waals surface area contributed by atoms with E-state index in [1.54, 1.807) is 18.2 Å². The van der Waals surface area contributed by atoms with Crippen LogP contribution in [0.3, 0.4) is 0 Å². The molecule has 1 N–H and O–H groups in total. The number of para-hydroxylation sites is 2. The maximum Gasteiger partial charge on any atom is 0.297 e. The monoisotopic (exact) mass is 318 g/mol. The molecule has 0 saturated carbocycles. The summed E-state index contributed by atoms with van der Waals surface area (Å²) >= 11 is 0. The van der Waals surface area contributed by atoms with Crippen molar-refractivity contribution in [3.63, 3.8) is 0 Å². The van der Waals surface area contributed by atoms with Crippen molar-refractivity contribution in [2.45, 2.75) is 0 Å². The third kappa shape index (κ3) is 1.59. The zero-order valence-electron chi connectivity index (χ0n) is 12.3. The minimum absolute atomic E-state index is 0.0523. The molecule has 0 spiro atoms. The van der Waals surface area contributed by atoms with Crippen molar-refractivity contribution in [2.24, 2.45) is 0 Å². The molecule has 0 fully saturated rings. The van der Waals surface area contributed by atoms with Crippen LogP contribution in [0.1, 0.15) is 0 Å². The minimum Gasteiger partial charge on any atom is -0.507 e. The Hall–Kier alpha value is -3.54. The van der Waals surface area contributed by atoms with Crippen LogP contribution in [0, 0.1) is 0 Å². The Kier molecular flexibility index (Phi) is 2.42. The molecule has 0 amide bonds. The number of pyridine rings is 1. The normalized spacial score (nSPS) is 11.7. The summed E-state index contributed by atoms with van der Waals surface area (Å²) in [5.74, 6) is -0.161. The molecule has 3 heterocycles. The number of aromatic nitrogens is 2. The summed E-state index contributed by atoms with van der Waals surface area (Å²) in [6, 6.07) is 15.9. The number of rotatable bonds is 1. The second-order valence-corrected chi connectivity index (χ2v) is 5.50. The van der Waals surface area contributed by atoms with E-state index >= 15 is 0 Å². The summed E-state index contributed by atoms with van der Waals surface area (Å²) < 4.78 is 12.0. The number of hydrogen-bond donors (Lipinski definition) is 1. The first-order valence-electron chi connectivity index (χ1n) is 7.35. The first-order chi connectivity index (χ1) is 11.7. The van der Waals surface area contributed by atoms with Gasteiger partial charge in [0.2, 0.25) is 0 Å². The topological polar surface area (TPSA) is 80.9 Å². The Morgan fingerprint density at radius 2 is 1.67 bits per heavy atom. The van der Waals surface area contributed by atoms with Crippen LogP contribution in [-0.2, 0) is 0 Å². The van der Waals surface area contributed by atoms with Gasteiger partial charge in [0.25, 0.3) is 5.56 Å². The van der Waals surface area contributed by atoms with Gasteiger partial charge >= 0.3 is 0 Å². The van der Waals surface area contributed by atoms with Crippen LogP contribution >= 0.6 is 0 Å². The quantitative estimate of drug-likeness (QED) is 0.511. The van der Waals surface area contributed by atoms with E-state index in [9.17, 15) is 9.90 Å². The van der Waals surface area contributed by atoms with E-state index in [1.165, 1.54) is 10.6 Å². The molecule has 0 aliphatic carbocycles. The smallest absolute Gasteiger partial charge is 0.297 e. The predicted octanol–water partition coefficient (Wildman–Crippen LogP) is 3.56. The minimum atomic E-state index is -0.486. The molecule has 24 heavy (non-hydrogen) atoms. The molecule has 0 radical (unpaired) electrons. The first-order valence-corrected chi connectivity index (χ1v) is 7.35. The second kappa shape index (κ2) is 4.48. The Bertz CT molecular complexity index is 1290. The van der Waals surface area contributed by atoms with E-state index in [4.69, 9.17) is 9.05 Å². The number of fused-ring (bicyclic) bond motifs is 4. The average molecular weight is 318 g/mol. The zero-order chi connectivity index (χ0) is 16.3. The standard InChI is InChI=1S/C18H10N2O4/c21-13-9-12-10-5-1-4-8-15(10)24-20(12)18(22)16(13)17-11-6-2-3-7-14(11)23-19-17/h1-9,21H. The van der Waals surface area contributed by atoms with Gasteiger partial charge in [0, 0.05) is 11.5 Å². The van der Waals surface area contributed by atoms with Crippen LogP contribution in [0.2, 0.25) is 0 Å². The molecule has 5 aromatic rings. The molecule has 0 atom stereocenters. The third-order valence-electron chi connectivity index (χ3n) is 4.11. The molecular formula is C18H10N2O4. The largest absolute Gasteiger partial charge is 0.507 e. The van der Waals surface area contributed by atoms with Crippen molar-refractivity contribution < 1.29 is 14.2 Å². The summed E-state index contributed by atoms with van der Waals surface area (Å²) in [6.07, 6.45) is 0. The van der Waals surface area contributed by atoms with Crippen LogP contribution in [0.15, 0.2) is 68.4 Å². The maximum absolute atomic E-state index is 12.9. The van der Waals surface area contributed by atoms with Crippen molar-refractivity contribution in [1.29, 1.82) is 0 Å².